The predicted molar refractivity (Wildman–Crippen MR) is 70.3 cm³/mol. The van der Waals surface area contributed by atoms with Crippen LogP contribution >= 0.6 is 34.3 Å². The molecule has 1 aromatic carbocycles. The maximum absolute atomic E-state index is 5.72. The molecule has 2 nitrogen and oxygen atoms in total. The minimum atomic E-state index is 0.433. The highest BCUT2D eigenvalue weighted by molar-refractivity contribution is 7.25. The van der Waals surface area contributed by atoms with Crippen molar-refractivity contribution in [3.05, 3.63) is 35.3 Å². The van der Waals surface area contributed by atoms with Crippen molar-refractivity contribution < 1.29 is 0 Å². The monoisotopic (exact) mass is 266 g/mol. The third kappa shape index (κ3) is 1.73. The van der Waals surface area contributed by atoms with Gasteiger partial charge in [0.1, 0.15) is 5.01 Å². The molecule has 0 N–H and O–H groups in total. The van der Waals surface area contributed by atoms with E-state index in [0.717, 1.165) is 14.9 Å². The second-order valence-corrected chi connectivity index (χ2v) is 5.70. The molecule has 0 amide bonds. The Labute approximate surface area is 106 Å². The molecule has 0 spiro atoms. The molecule has 16 heavy (non-hydrogen) atoms. The van der Waals surface area contributed by atoms with E-state index in [1.165, 1.54) is 10.1 Å². The molecule has 3 aromatic rings. The van der Waals surface area contributed by atoms with Gasteiger partial charge in [0.2, 0.25) is 0 Å². The summed E-state index contributed by atoms with van der Waals surface area (Å²) in [7, 11) is 0. The largest absolute Gasteiger partial charge is 0.157 e. The van der Waals surface area contributed by atoms with E-state index in [9.17, 15) is 0 Å². The molecule has 5 heteroatoms. The molecule has 0 bridgehead atoms. The molecule has 0 saturated heterocycles. The minimum absolute atomic E-state index is 0.433. The number of hydrogen-bond donors (Lipinski definition) is 0. The fraction of sp³-hybridized carbons (Fsp3) is 0.0909. The number of nitrogens with zero attached hydrogens (tertiary/aromatic N) is 2. The summed E-state index contributed by atoms with van der Waals surface area (Å²) < 4.78 is 1.28. The first kappa shape index (κ1) is 10.2. The number of fused-ring (bicyclic) bond motifs is 1. The number of alkyl halides is 1. The normalized spacial score (nSPS) is 11.1. The summed E-state index contributed by atoms with van der Waals surface area (Å²) in [6.07, 6.45) is 0. The van der Waals surface area contributed by atoms with Crippen LogP contribution in [0.3, 0.4) is 0 Å². The molecular weight excluding hydrogens is 260 g/mol. The van der Waals surface area contributed by atoms with E-state index in [-0.39, 0.29) is 0 Å². The van der Waals surface area contributed by atoms with Gasteiger partial charge in [-0.1, -0.05) is 29.5 Å². The summed E-state index contributed by atoms with van der Waals surface area (Å²) in [6, 6.07) is 10.5. The molecule has 0 aliphatic heterocycles. The van der Waals surface area contributed by atoms with Crippen LogP contribution in [0.15, 0.2) is 30.3 Å². The summed E-state index contributed by atoms with van der Waals surface area (Å²) in [5, 5.41) is 11.3. The van der Waals surface area contributed by atoms with E-state index < -0.39 is 0 Å². The molecule has 0 aliphatic rings. The summed E-state index contributed by atoms with van der Waals surface area (Å²) in [6.45, 7) is 0. The van der Waals surface area contributed by atoms with Gasteiger partial charge in [-0.3, -0.25) is 0 Å². The number of halogens is 1. The van der Waals surface area contributed by atoms with Crippen LogP contribution < -0.4 is 0 Å². The fourth-order valence-electron chi connectivity index (χ4n) is 1.49. The minimum Gasteiger partial charge on any atom is -0.142 e. The van der Waals surface area contributed by atoms with Crippen molar-refractivity contribution in [2.24, 2.45) is 0 Å². The lowest BCUT2D eigenvalue weighted by molar-refractivity contribution is 1.04. The number of hydrogen-bond acceptors (Lipinski definition) is 4. The van der Waals surface area contributed by atoms with E-state index in [1.54, 1.807) is 22.7 Å². The molecule has 3 rings (SSSR count). The molecule has 0 fully saturated rings. The van der Waals surface area contributed by atoms with Crippen molar-refractivity contribution in [2.75, 3.05) is 0 Å². The fourth-order valence-corrected chi connectivity index (χ4v) is 3.50. The van der Waals surface area contributed by atoms with Crippen LogP contribution in [-0.2, 0) is 5.88 Å². The van der Waals surface area contributed by atoms with E-state index in [2.05, 4.69) is 28.4 Å². The van der Waals surface area contributed by atoms with Gasteiger partial charge in [-0.15, -0.1) is 33.1 Å². The van der Waals surface area contributed by atoms with Gasteiger partial charge in [0.05, 0.1) is 10.8 Å². The standard InChI is InChI=1S/C11H7ClN2S2/c12-6-10-13-14-11(16-10)9-5-7-3-1-2-4-8(7)15-9/h1-5H,6H2. The molecule has 2 aromatic heterocycles. The molecule has 80 valence electrons. The third-order valence-electron chi connectivity index (χ3n) is 2.22. The summed E-state index contributed by atoms with van der Waals surface area (Å²) in [5.41, 5.74) is 0. The van der Waals surface area contributed by atoms with Gasteiger partial charge in [-0.05, 0) is 17.5 Å². The Morgan fingerprint density at radius 1 is 1.12 bits per heavy atom. The van der Waals surface area contributed by atoms with Gasteiger partial charge in [-0.2, -0.15) is 0 Å². The maximum Gasteiger partial charge on any atom is 0.157 e. The van der Waals surface area contributed by atoms with Gasteiger partial charge in [0.25, 0.3) is 0 Å². The average Bonchev–Trinajstić information content (AvgIpc) is 2.95. The topological polar surface area (TPSA) is 25.8 Å². The lowest BCUT2D eigenvalue weighted by Crippen LogP contribution is -1.73. The quantitative estimate of drug-likeness (QED) is 0.651. The zero-order valence-electron chi connectivity index (χ0n) is 8.18. The van der Waals surface area contributed by atoms with Crippen LogP contribution in [0.4, 0.5) is 0 Å². The number of thiophene rings is 1. The van der Waals surface area contributed by atoms with E-state index in [0.29, 0.717) is 5.88 Å². The summed E-state index contributed by atoms with van der Waals surface area (Å²) >= 11 is 9.01. The van der Waals surface area contributed by atoms with Gasteiger partial charge in [0.15, 0.2) is 5.01 Å². The van der Waals surface area contributed by atoms with Crippen LogP contribution in [0.25, 0.3) is 20.0 Å². The Kier molecular flexibility index (Phi) is 2.63. The lowest BCUT2D eigenvalue weighted by atomic mass is 10.2. The number of aromatic nitrogens is 2. The smallest absolute Gasteiger partial charge is 0.142 e. The Bertz CT molecular complexity index is 596. The number of benzene rings is 1. The molecule has 2 heterocycles. The first-order chi connectivity index (χ1) is 7.86. The SMILES string of the molecule is ClCc1nnc(-c2cc3ccccc3s2)s1. The second kappa shape index (κ2) is 4.13. The maximum atomic E-state index is 5.72. The summed E-state index contributed by atoms with van der Waals surface area (Å²) in [4.78, 5) is 1.16. The number of rotatable bonds is 2. The van der Waals surface area contributed by atoms with E-state index in [4.69, 9.17) is 11.6 Å². The first-order valence-corrected chi connectivity index (χ1v) is 6.91. The van der Waals surface area contributed by atoms with Gasteiger partial charge < -0.3 is 0 Å². The highest BCUT2D eigenvalue weighted by Gasteiger charge is 2.09. The zero-order valence-corrected chi connectivity index (χ0v) is 10.6. The molecule has 0 radical (unpaired) electrons. The second-order valence-electron chi connectivity index (χ2n) is 3.28. The molecular formula is C11H7ClN2S2. The van der Waals surface area contributed by atoms with Crippen LogP contribution in [-0.4, -0.2) is 10.2 Å². The van der Waals surface area contributed by atoms with Crippen LogP contribution in [0.1, 0.15) is 5.01 Å². The molecule has 0 aliphatic carbocycles. The average molecular weight is 267 g/mol. The van der Waals surface area contributed by atoms with Crippen molar-refractivity contribution in [2.45, 2.75) is 5.88 Å². The van der Waals surface area contributed by atoms with Crippen molar-refractivity contribution >= 4 is 44.4 Å². The van der Waals surface area contributed by atoms with Crippen molar-refractivity contribution in [1.82, 2.24) is 10.2 Å². The van der Waals surface area contributed by atoms with Crippen molar-refractivity contribution in [3.63, 3.8) is 0 Å². The van der Waals surface area contributed by atoms with Crippen LogP contribution in [0.5, 0.6) is 0 Å². The molecule has 0 atom stereocenters. The van der Waals surface area contributed by atoms with E-state index in [1.807, 2.05) is 12.1 Å². The Morgan fingerprint density at radius 2 is 2.00 bits per heavy atom. The van der Waals surface area contributed by atoms with Crippen LogP contribution in [0.2, 0.25) is 0 Å². The zero-order chi connectivity index (χ0) is 11.0. The third-order valence-corrected chi connectivity index (χ3v) is 4.84. The summed E-state index contributed by atoms with van der Waals surface area (Å²) in [5.74, 6) is 0.433. The van der Waals surface area contributed by atoms with Gasteiger partial charge >= 0.3 is 0 Å². The highest BCUT2D eigenvalue weighted by atomic mass is 35.5. The lowest BCUT2D eigenvalue weighted by Gasteiger charge is -1.83. The van der Waals surface area contributed by atoms with Crippen LogP contribution in [0, 0.1) is 0 Å². The van der Waals surface area contributed by atoms with Crippen molar-refractivity contribution in [3.8, 4) is 9.88 Å². The molecule has 0 saturated carbocycles. The Morgan fingerprint density at radius 3 is 2.75 bits per heavy atom. The highest BCUT2D eigenvalue weighted by Crippen LogP contribution is 2.34. The Hall–Kier alpha value is -0.970. The predicted octanol–water partition coefficient (Wildman–Crippen LogP) is 4.16. The molecule has 0 unspecified atom stereocenters. The van der Waals surface area contributed by atoms with Crippen molar-refractivity contribution in [1.29, 1.82) is 0 Å². The van der Waals surface area contributed by atoms with Gasteiger partial charge in [-0.25, -0.2) is 0 Å². The first-order valence-electron chi connectivity index (χ1n) is 4.74. The Balaban J connectivity index is 2.11. The van der Waals surface area contributed by atoms with E-state index >= 15 is 0 Å². The van der Waals surface area contributed by atoms with Gasteiger partial charge in [0, 0.05) is 4.70 Å².